The summed E-state index contributed by atoms with van der Waals surface area (Å²) in [6.45, 7) is 6.71. The molecule has 3 aromatic rings. The molecule has 3 N–H and O–H groups in total. The number of nitrogens with zero attached hydrogens (tertiary/aromatic N) is 6. The Morgan fingerprint density at radius 1 is 1.12 bits per heavy atom. The highest BCUT2D eigenvalue weighted by atomic mass is 16.2. The Balaban J connectivity index is 1.29. The fraction of sp³-hybridized carbons (Fsp3) is 0.417. The van der Waals surface area contributed by atoms with E-state index in [1.165, 1.54) is 11.4 Å². The van der Waals surface area contributed by atoms with E-state index in [9.17, 15) is 4.79 Å². The van der Waals surface area contributed by atoms with Crippen molar-refractivity contribution in [2.75, 3.05) is 28.2 Å². The molecule has 0 saturated carbocycles. The zero-order valence-electron chi connectivity index (χ0n) is 19.1. The number of benzene rings is 1. The number of nitrogens with two attached hydrogens (primary N) is 1. The molecule has 2 aliphatic heterocycles. The van der Waals surface area contributed by atoms with Gasteiger partial charge < -0.3 is 25.4 Å². The summed E-state index contributed by atoms with van der Waals surface area (Å²) in [4.78, 5) is 30.1. The smallest absolute Gasteiger partial charge is 0.243 e. The summed E-state index contributed by atoms with van der Waals surface area (Å²) >= 11 is 0. The van der Waals surface area contributed by atoms with Gasteiger partial charge in [0, 0.05) is 43.1 Å². The number of nitrogens with one attached hydrogen (secondary N) is 1. The number of amides is 1. The zero-order chi connectivity index (χ0) is 22.9. The Kier molecular flexibility index (Phi) is 5.72. The molecule has 5 rings (SSSR count). The highest BCUT2D eigenvalue weighted by Gasteiger charge is 2.26. The minimum Gasteiger partial charge on any atom is -0.350 e. The Bertz CT molecular complexity index is 1140. The second kappa shape index (κ2) is 8.82. The van der Waals surface area contributed by atoms with Gasteiger partial charge in [0.1, 0.15) is 5.82 Å². The lowest BCUT2D eigenvalue weighted by Gasteiger charge is -2.30. The van der Waals surface area contributed by atoms with Crippen molar-refractivity contribution >= 4 is 29.0 Å². The molecule has 1 saturated heterocycles. The van der Waals surface area contributed by atoms with Gasteiger partial charge >= 0.3 is 0 Å². The number of fused-ring (bicyclic) bond motifs is 1. The predicted octanol–water partition coefficient (Wildman–Crippen LogP) is 3.01. The molecular weight excluding hydrogens is 416 g/mol. The van der Waals surface area contributed by atoms with Crippen LogP contribution in [0.15, 0.2) is 42.9 Å². The molecule has 1 unspecified atom stereocenters. The molecule has 0 spiro atoms. The largest absolute Gasteiger partial charge is 0.350 e. The topological polar surface area (TPSA) is 105 Å². The first-order chi connectivity index (χ1) is 16.0. The van der Waals surface area contributed by atoms with Crippen LogP contribution in [0, 0.1) is 0 Å². The third kappa shape index (κ3) is 4.28. The summed E-state index contributed by atoms with van der Waals surface area (Å²) in [5.41, 5.74) is 10.1. The van der Waals surface area contributed by atoms with Crippen LogP contribution in [0.25, 0.3) is 0 Å². The average Bonchev–Trinajstić information content (AvgIpc) is 3.25. The van der Waals surface area contributed by atoms with Crippen LogP contribution in [0.4, 0.5) is 23.1 Å². The Labute approximate surface area is 193 Å². The van der Waals surface area contributed by atoms with Crippen molar-refractivity contribution in [3.05, 3.63) is 54.2 Å². The summed E-state index contributed by atoms with van der Waals surface area (Å²) in [7, 11) is 0. The molecule has 9 heteroatoms. The van der Waals surface area contributed by atoms with Crippen molar-refractivity contribution in [2.45, 2.75) is 51.7 Å². The number of piperidine rings is 1. The lowest BCUT2D eigenvalue weighted by molar-refractivity contribution is -0.120. The number of carbonyl (C=O) groups excluding carboxylic acids is 1. The number of rotatable bonds is 5. The van der Waals surface area contributed by atoms with Gasteiger partial charge in [-0.15, -0.1) is 0 Å². The maximum Gasteiger partial charge on any atom is 0.243 e. The molecule has 4 heterocycles. The first-order valence-corrected chi connectivity index (χ1v) is 11.6. The Morgan fingerprint density at radius 3 is 2.73 bits per heavy atom. The van der Waals surface area contributed by atoms with Crippen LogP contribution in [0.3, 0.4) is 0 Å². The first-order valence-electron chi connectivity index (χ1n) is 11.6. The lowest BCUT2D eigenvalue weighted by Crippen LogP contribution is -2.48. The van der Waals surface area contributed by atoms with Gasteiger partial charge in [0.05, 0.1) is 30.3 Å². The van der Waals surface area contributed by atoms with Gasteiger partial charge in [-0.3, -0.25) is 4.79 Å². The normalized spacial score (nSPS) is 18.5. The predicted molar refractivity (Wildman–Crippen MR) is 129 cm³/mol. The number of aromatic nitrogens is 4. The van der Waals surface area contributed by atoms with Crippen molar-refractivity contribution in [3.8, 4) is 0 Å². The zero-order valence-corrected chi connectivity index (χ0v) is 19.1. The van der Waals surface area contributed by atoms with E-state index in [0.29, 0.717) is 18.5 Å². The molecule has 172 valence electrons. The molecule has 0 aliphatic carbocycles. The number of anilines is 4. The number of imidazole rings is 1. The molecular formula is C24H30N8O. The molecule has 2 aromatic heterocycles. The molecule has 33 heavy (non-hydrogen) atoms. The van der Waals surface area contributed by atoms with E-state index < -0.39 is 6.04 Å². The van der Waals surface area contributed by atoms with Crippen LogP contribution >= 0.6 is 0 Å². The van der Waals surface area contributed by atoms with Crippen LogP contribution in [0.5, 0.6) is 0 Å². The van der Waals surface area contributed by atoms with Crippen molar-refractivity contribution in [1.82, 2.24) is 19.5 Å². The van der Waals surface area contributed by atoms with Gasteiger partial charge in [-0.2, -0.15) is 4.98 Å². The van der Waals surface area contributed by atoms with Gasteiger partial charge in [-0.25, -0.2) is 9.97 Å². The summed E-state index contributed by atoms with van der Waals surface area (Å²) in [5, 5.41) is 3.28. The number of hydrogen-bond acceptors (Lipinski definition) is 7. The van der Waals surface area contributed by atoms with E-state index in [4.69, 9.17) is 10.7 Å². The molecule has 9 nitrogen and oxygen atoms in total. The Morgan fingerprint density at radius 2 is 1.94 bits per heavy atom. The minimum atomic E-state index is -0.405. The third-order valence-corrected chi connectivity index (χ3v) is 6.38. The fourth-order valence-corrected chi connectivity index (χ4v) is 4.55. The van der Waals surface area contributed by atoms with Crippen molar-refractivity contribution in [1.29, 1.82) is 0 Å². The summed E-state index contributed by atoms with van der Waals surface area (Å²) in [6.07, 6.45) is 6.30. The van der Waals surface area contributed by atoms with Crippen LogP contribution < -0.4 is 20.9 Å². The van der Waals surface area contributed by atoms with Crippen LogP contribution in [-0.2, 0) is 17.8 Å². The highest BCUT2D eigenvalue weighted by molar-refractivity contribution is 5.97. The quantitative estimate of drug-likeness (QED) is 0.621. The van der Waals surface area contributed by atoms with Gasteiger partial charge in [0.2, 0.25) is 11.9 Å². The highest BCUT2D eigenvalue weighted by Crippen LogP contribution is 2.26. The molecule has 1 atom stereocenters. The van der Waals surface area contributed by atoms with E-state index in [1.54, 1.807) is 11.1 Å². The summed E-state index contributed by atoms with van der Waals surface area (Å²) < 4.78 is 2.24. The minimum absolute atomic E-state index is 0.0125. The van der Waals surface area contributed by atoms with Gasteiger partial charge in [0.25, 0.3) is 0 Å². The SMILES string of the molecule is CC(C)n1cnc2c1CN(c1ccnc(Nc3ccc(N4CCCC(N)C4=O)cc3)n1)CC2. The average molecular weight is 447 g/mol. The van der Waals surface area contributed by atoms with E-state index >= 15 is 0 Å². The monoisotopic (exact) mass is 446 g/mol. The summed E-state index contributed by atoms with van der Waals surface area (Å²) in [6, 6.07) is 9.66. The lowest BCUT2D eigenvalue weighted by atomic mass is 10.0. The van der Waals surface area contributed by atoms with E-state index in [1.807, 2.05) is 36.7 Å². The molecule has 1 amide bonds. The number of hydrogen-bond donors (Lipinski definition) is 2. The van der Waals surface area contributed by atoms with E-state index in [2.05, 4.69) is 38.6 Å². The van der Waals surface area contributed by atoms with Crippen molar-refractivity contribution in [2.24, 2.45) is 5.73 Å². The third-order valence-electron chi connectivity index (χ3n) is 6.38. The molecule has 2 aliphatic rings. The molecule has 0 bridgehead atoms. The second-order valence-corrected chi connectivity index (χ2v) is 8.96. The standard InChI is InChI=1S/C24H30N8O/c1-16(2)32-15-27-20-10-13-30(14-21(20)32)22-9-11-26-24(29-22)28-17-5-7-18(8-6-17)31-12-3-4-19(25)23(31)33/h5-9,11,15-16,19H,3-4,10,12-14,25H2,1-2H3,(H,26,28,29). The van der Waals surface area contributed by atoms with Crippen LogP contribution in [-0.4, -0.2) is 44.6 Å². The second-order valence-electron chi connectivity index (χ2n) is 8.96. The molecule has 1 aromatic carbocycles. The van der Waals surface area contributed by atoms with Crippen molar-refractivity contribution < 1.29 is 4.79 Å². The Hall–Kier alpha value is -3.46. The van der Waals surface area contributed by atoms with Crippen LogP contribution in [0.2, 0.25) is 0 Å². The molecule has 1 fully saturated rings. The van der Waals surface area contributed by atoms with Gasteiger partial charge in [-0.1, -0.05) is 0 Å². The van der Waals surface area contributed by atoms with E-state index in [0.717, 1.165) is 49.5 Å². The maximum absolute atomic E-state index is 12.4. The van der Waals surface area contributed by atoms with Crippen LogP contribution in [0.1, 0.15) is 44.1 Å². The summed E-state index contributed by atoms with van der Waals surface area (Å²) in [5.74, 6) is 1.42. The molecule has 0 radical (unpaired) electrons. The van der Waals surface area contributed by atoms with E-state index in [-0.39, 0.29) is 5.91 Å². The van der Waals surface area contributed by atoms with Gasteiger partial charge in [0.15, 0.2) is 0 Å². The fourth-order valence-electron chi connectivity index (χ4n) is 4.55. The van der Waals surface area contributed by atoms with Crippen molar-refractivity contribution in [3.63, 3.8) is 0 Å². The van der Waals surface area contributed by atoms with Gasteiger partial charge in [-0.05, 0) is 57.0 Å². The first kappa shape index (κ1) is 21.4. The number of carbonyl (C=O) groups is 1. The maximum atomic E-state index is 12.4.